The summed E-state index contributed by atoms with van der Waals surface area (Å²) in [6.45, 7) is 0.777. The molecule has 0 radical (unpaired) electrons. The number of pyridine rings is 1. The van der Waals surface area contributed by atoms with Crippen molar-refractivity contribution >= 4 is 5.69 Å². The Morgan fingerprint density at radius 1 is 1.22 bits per heavy atom. The summed E-state index contributed by atoms with van der Waals surface area (Å²) in [6, 6.07) is 8.71. The van der Waals surface area contributed by atoms with Crippen LogP contribution in [-0.2, 0) is 6.42 Å². The second-order valence-corrected chi connectivity index (χ2v) is 3.88. The lowest BCUT2D eigenvalue weighted by molar-refractivity contribution is 0.387. The Morgan fingerprint density at radius 3 is 2.72 bits per heavy atom. The van der Waals surface area contributed by atoms with Crippen molar-refractivity contribution in [2.45, 2.75) is 6.42 Å². The molecule has 0 aliphatic rings. The van der Waals surface area contributed by atoms with E-state index in [1.807, 2.05) is 12.1 Å². The topological polar surface area (TPSA) is 34.1 Å². The van der Waals surface area contributed by atoms with Gasteiger partial charge >= 0.3 is 0 Å². The molecule has 0 fully saturated rings. The number of ether oxygens (including phenoxy) is 1. The molecule has 0 saturated carbocycles. The molecule has 2 aromatic rings. The minimum Gasteiger partial charge on any atom is -0.494 e. The molecule has 0 unspecified atom stereocenters. The first kappa shape index (κ1) is 12.4. The number of methoxy groups -OCH3 is 1. The van der Waals surface area contributed by atoms with Gasteiger partial charge in [0.1, 0.15) is 0 Å². The maximum atomic E-state index is 13.2. The molecule has 4 heteroatoms. The van der Waals surface area contributed by atoms with Gasteiger partial charge in [0.2, 0.25) is 0 Å². The van der Waals surface area contributed by atoms with E-state index in [-0.39, 0.29) is 11.6 Å². The monoisotopic (exact) mass is 246 g/mol. The molecular weight excluding hydrogens is 231 g/mol. The first-order valence-corrected chi connectivity index (χ1v) is 5.76. The van der Waals surface area contributed by atoms with Gasteiger partial charge in [0.25, 0.3) is 0 Å². The van der Waals surface area contributed by atoms with Gasteiger partial charge in [-0.05, 0) is 36.2 Å². The third kappa shape index (κ3) is 3.20. The van der Waals surface area contributed by atoms with E-state index < -0.39 is 0 Å². The molecule has 1 heterocycles. The highest BCUT2D eigenvalue weighted by atomic mass is 19.1. The highest BCUT2D eigenvalue weighted by Crippen LogP contribution is 2.21. The van der Waals surface area contributed by atoms with Gasteiger partial charge < -0.3 is 10.1 Å². The Kier molecular flexibility index (Phi) is 4.12. The van der Waals surface area contributed by atoms with Crippen molar-refractivity contribution in [2.75, 3.05) is 19.0 Å². The van der Waals surface area contributed by atoms with Crippen LogP contribution in [0.1, 0.15) is 5.56 Å². The zero-order valence-electron chi connectivity index (χ0n) is 10.2. The van der Waals surface area contributed by atoms with Crippen LogP contribution in [0.4, 0.5) is 10.1 Å². The zero-order valence-corrected chi connectivity index (χ0v) is 10.2. The number of aromatic nitrogens is 1. The third-order valence-corrected chi connectivity index (χ3v) is 2.64. The van der Waals surface area contributed by atoms with Crippen LogP contribution in [0.5, 0.6) is 5.75 Å². The van der Waals surface area contributed by atoms with E-state index in [9.17, 15) is 4.39 Å². The molecule has 0 spiro atoms. The van der Waals surface area contributed by atoms with Gasteiger partial charge in [-0.15, -0.1) is 0 Å². The summed E-state index contributed by atoms with van der Waals surface area (Å²) in [5.41, 5.74) is 2.06. The zero-order chi connectivity index (χ0) is 12.8. The fraction of sp³-hybridized carbons (Fsp3) is 0.214. The van der Waals surface area contributed by atoms with Crippen molar-refractivity contribution < 1.29 is 9.13 Å². The molecular formula is C14H15FN2O. The summed E-state index contributed by atoms with van der Waals surface area (Å²) < 4.78 is 18.1. The van der Waals surface area contributed by atoms with E-state index in [1.165, 1.54) is 18.7 Å². The van der Waals surface area contributed by atoms with Gasteiger partial charge in [-0.1, -0.05) is 0 Å². The highest BCUT2D eigenvalue weighted by molar-refractivity contribution is 5.48. The largest absolute Gasteiger partial charge is 0.494 e. The van der Waals surface area contributed by atoms with Gasteiger partial charge in [0.05, 0.1) is 7.11 Å². The summed E-state index contributed by atoms with van der Waals surface area (Å²) >= 11 is 0. The molecule has 1 aromatic heterocycles. The van der Waals surface area contributed by atoms with Gasteiger partial charge in [-0.2, -0.15) is 0 Å². The van der Waals surface area contributed by atoms with Crippen LogP contribution in [0, 0.1) is 5.82 Å². The number of hydrogen-bond donors (Lipinski definition) is 1. The summed E-state index contributed by atoms with van der Waals surface area (Å²) in [7, 11) is 1.46. The lowest BCUT2D eigenvalue weighted by Gasteiger charge is -2.08. The normalized spacial score (nSPS) is 10.1. The molecule has 1 aromatic carbocycles. The molecule has 0 bridgehead atoms. The van der Waals surface area contributed by atoms with E-state index in [4.69, 9.17) is 4.74 Å². The molecule has 3 nitrogen and oxygen atoms in total. The van der Waals surface area contributed by atoms with Crippen LogP contribution in [0.15, 0.2) is 42.7 Å². The van der Waals surface area contributed by atoms with Crippen molar-refractivity contribution in [3.8, 4) is 5.75 Å². The molecule has 1 N–H and O–H groups in total. The summed E-state index contributed by atoms with van der Waals surface area (Å²) in [5.74, 6) is -0.0962. The van der Waals surface area contributed by atoms with Gasteiger partial charge in [0.15, 0.2) is 11.6 Å². The van der Waals surface area contributed by atoms with Crippen LogP contribution < -0.4 is 10.1 Å². The van der Waals surface area contributed by atoms with Crippen LogP contribution in [0.25, 0.3) is 0 Å². The van der Waals surface area contributed by atoms with E-state index in [2.05, 4.69) is 10.3 Å². The molecule has 0 atom stereocenters. The first-order chi connectivity index (χ1) is 8.79. The average molecular weight is 246 g/mol. The Morgan fingerprint density at radius 2 is 2.00 bits per heavy atom. The van der Waals surface area contributed by atoms with Crippen molar-refractivity contribution in [3.63, 3.8) is 0 Å². The van der Waals surface area contributed by atoms with E-state index in [0.717, 1.165) is 18.7 Å². The maximum absolute atomic E-state index is 13.2. The van der Waals surface area contributed by atoms with Crippen LogP contribution >= 0.6 is 0 Å². The predicted octanol–water partition coefficient (Wildman–Crippen LogP) is 2.88. The van der Waals surface area contributed by atoms with E-state index in [1.54, 1.807) is 24.5 Å². The number of hydrogen-bond acceptors (Lipinski definition) is 3. The molecule has 94 valence electrons. The van der Waals surface area contributed by atoms with E-state index >= 15 is 0 Å². The van der Waals surface area contributed by atoms with Crippen LogP contribution in [0.2, 0.25) is 0 Å². The standard InChI is InChI=1S/C14H15FN2O/c1-18-14-10-12(2-3-13(14)15)17-9-6-11-4-7-16-8-5-11/h2-5,7-8,10,17H,6,9H2,1H3. The molecule has 18 heavy (non-hydrogen) atoms. The van der Waals surface area contributed by atoms with Crippen molar-refractivity contribution in [2.24, 2.45) is 0 Å². The number of nitrogens with one attached hydrogen (secondary N) is 1. The predicted molar refractivity (Wildman–Crippen MR) is 69.4 cm³/mol. The maximum Gasteiger partial charge on any atom is 0.165 e. The molecule has 0 saturated heterocycles. The fourth-order valence-corrected chi connectivity index (χ4v) is 1.67. The average Bonchev–Trinajstić information content (AvgIpc) is 2.42. The molecule has 2 rings (SSSR count). The summed E-state index contributed by atoms with van der Waals surface area (Å²) in [6.07, 6.45) is 4.44. The summed E-state index contributed by atoms with van der Waals surface area (Å²) in [5, 5.41) is 3.23. The van der Waals surface area contributed by atoms with Crippen molar-refractivity contribution in [1.29, 1.82) is 0 Å². The quantitative estimate of drug-likeness (QED) is 0.880. The Bertz CT molecular complexity index is 502. The number of anilines is 1. The lowest BCUT2D eigenvalue weighted by atomic mass is 10.2. The minimum atomic E-state index is -0.350. The third-order valence-electron chi connectivity index (χ3n) is 2.64. The van der Waals surface area contributed by atoms with Gasteiger partial charge in [0, 0.05) is 30.7 Å². The van der Waals surface area contributed by atoms with Crippen LogP contribution in [0.3, 0.4) is 0 Å². The minimum absolute atomic E-state index is 0.254. The number of benzene rings is 1. The Hall–Kier alpha value is -2.10. The fourth-order valence-electron chi connectivity index (χ4n) is 1.67. The molecule has 0 aliphatic carbocycles. The van der Waals surface area contributed by atoms with Crippen molar-refractivity contribution in [1.82, 2.24) is 4.98 Å². The summed E-state index contributed by atoms with van der Waals surface area (Å²) in [4.78, 5) is 3.97. The van der Waals surface area contributed by atoms with Crippen LogP contribution in [-0.4, -0.2) is 18.6 Å². The second kappa shape index (κ2) is 6.00. The van der Waals surface area contributed by atoms with Crippen molar-refractivity contribution in [3.05, 3.63) is 54.1 Å². The Labute approximate surface area is 106 Å². The highest BCUT2D eigenvalue weighted by Gasteiger charge is 2.02. The second-order valence-electron chi connectivity index (χ2n) is 3.88. The number of halogens is 1. The number of nitrogens with zero attached hydrogens (tertiary/aromatic N) is 1. The molecule has 0 amide bonds. The first-order valence-electron chi connectivity index (χ1n) is 5.76. The van der Waals surface area contributed by atoms with E-state index in [0.29, 0.717) is 0 Å². The van der Waals surface area contributed by atoms with Gasteiger partial charge in [-0.3, -0.25) is 4.98 Å². The SMILES string of the molecule is COc1cc(NCCc2ccncc2)ccc1F. The Balaban J connectivity index is 1.91. The molecule has 0 aliphatic heterocycles. The number of rotatable bonds is 5. The van der Waals surface area contributed by atoms with Gasteiger partial charge in [-0.25, -0.2) is 4.39 Å². The lowest BCUT2D eigenvalue weighted by Crippen LogP contribution is -2.05. The smallest absolute Gasteiger partial charge is 0.165 e.